The fourth-order valence-corrected chi connectivity index (χ4v) is 5.31. The van der Waals surface area contributed by atoms with E-state index in [1.165, 1.54) is 44.9 Å². The molecule has 0 radical (unpaired) electrons. The summed E-state index contributed by atoms with van der Waals surface area (Å²) in [5, 5.41) is 1.66. The summed E-state index contributed by atoms with van der Waals surface area (Å²) in [7, 11) is 0.451. The number of benzene rings is 1. The summed E-state index contributed by atoms with van der Waals surface area (Å²) in [6, 6.07) is 7.50. The second-order valence-electron chi connectivity index (χ2n) is 8.60. The van der Waals surface area contributed by atoms with Gasteiger partial charge in [0.15, 0.2) is 0 Å². The van der Waals surface area contributed by atoms with Gasteiger partial charge in [-0.2, -0.15) is 0 Å². The molecule has 3 atom stereocenters. The molecule has 1 aromatic carbocycles. The Labute approximate surface area is 207 Å². The molecular weight excluding hydrogens is 452 g/mol. The van der Waals surface area contributed by atoms with Crippen LogP contribution in [0.2, 0.25) is 0 Å². The topological polar surface area (TPSA) is 66.4 Å². The van der Waals surface area contributed by atoms with Crippen molar-refractivity contribution < 1.29 is 17.7 Å². The van der Waals surface area contributed by atoms with Crippen LogP contribution < -0.4 is 4.74 Å². The molecule has 0 aromatic heterocycles. The van der Waals surface area contributed by atoms with E-state index in [9.17, 15) is 13.0 Å². The van der Waals surface area contributed by atoms with Crippen LogP contribution in [-0.2, 0) is 27.6 Å². The summed E-state index contributed by atoms with van der Waals surface area (Å²) < 4.78 is 39.9. The lowest BCUT2D eigenvalue weighted by atomic mass is 10.0. The van der Waals surface area contributed by atoms with Crippen LogP contribution >= 0.6 is 0 Å². The van der Waals surface area contributed by atoms with Gasteiger partial charge in [-0.3, -0.25) is 8.42 Å². The van der Waals surface area contributed by atoms with E-state index < -0.39 is 21.9 Å². The molecule has 188 valence electrons. The van der Waals surface area contributed by atoms with E-state index in [1.54, 1.807) is 12.5 Å². The minimum atomic E-state index is -2.09. The van der Waals surface area contributed by atoms with Crippen molar-refractivity contribution in [3.8, 4) is 5.75 Å². The number of rotatable bonds is 20. The molecule has 0 aliphatic carbocycles. The summed E-state index contributed by atoms with van der Waals surface area (Å²) in [4.78, 5) is 0. The van der Waals surface area contributed by atoms with Crippen LogP contribution in [0, 0.1) is 5.92 Å². The summed E-state index contributed by atoms with van der Waals surface area (Å²) in [5.74, 6) is 1.20. The van der Waals surface area contributed by atoms with Gasteiger partial charge < -0.3 is 9.29 Å². The highest BCUT2D eigenvalue weighted by Gasteiger charge is 2.07. The van der Waals surface area contributed by atoms with E-state index in [4.69, 9.17) is 4.74 Å². The number of unbranched alkanes of at least 4 members (excludes halogenated alkanes) is 9. The second kappa shape index (κ2) is 20.2. The van der Waals surface area contributed by atoms with Crippen molar-refractivity contribution in [3.63, 3.8) is 0 Å². The Morgan fingerprint density at radius 1 is 0.909 bits per heavy atom. The molecule has 0 amide bonds. The molecule has 4 nitrogen and oxygen atoms in total. The van der Waals surface area contributed by atoms with Gasteiger partial charge in [0.1, 0.15) is 5.75 Å². The molecule has 1 aromatic rings. The maximum atomic E-state index is 12.4. The zero-order valence-electron chi connectivity index (χ0n) is 20.5. The summed E-state index contributed by atoms with van der Waals surface area (Å²) >= 11 is -2.09. The van der Waals surface area contributed by atoms with E-state index >= 15 is 0 Å². The molecule has 0 spiro atoms. The first-order chi connectivity index (χ1) is 16.0. The van der Waals surface area contributed by atoms with Crippen LogP contribution in [0.1, 0.15) is 89.5 Å². The van der Waals surface area contributed by atoms with Gasteiger partial charge in [-0.1, -0.05) is 93.3 Å². The molecule has 33 heavy (non-hydrogen) atoms. The Balaban J connectivity index is 2.23. The third-order valence-corrected chi connectivity index (χ3v) is 7.44. The number of methoxy groups -OCH3 is 1. The summed E-state index contributed by atoms with van der Waals surface area (Å²) in [6.45, 7) is 2.25. The van der Waals surface area contributed by atoms with Gasteiger partial charge in [-0.15, -0.1) is 0 Å². The van der Waals surface area contributed by atoms with Crippen LogP contribution in [0.25, 0.3) is 0 Å². The largest absolute Gasteiger partial charge is 0.772 e. The molecule has 0 saturated heterocycles. The highest BCUT2D eigenvalue weighted by Crippen LogP contribution is 2.16. The van der Waals surface area contributed by atoms with Crippen LogP contribution in [0.5, 0.6) is 5.75 Å². The smallest absolute Gasteiger partial charge is 0.118 e. The van der Waals surface area contributed by atoms with E-state index in [0.29, 0.717) is 5.75 Å². The molecule has 0 heterocycles. The van der Waals surface area contributed by atoms with Gasteiger partial charge in [0.05, 0.1) is 12.9 Å². The average molecular weight is 496 g/mol. The third-order valence-electron chi connectivity index (χ3n) is 5.66. The monoisotopic (exact) mass is 495 g/mol. The Kier molecular flexibility index (Phi) is 18.2. The lowest BCUT2D eigenvalue weighted by Gasteiger charge is -2.14. The summed E-state index contributed by atoms with van der Waals surface area (Å²) in [5.41, 5.74) is 0.965. The quantitative estimate of drug-likeness (QED) is 0.109. The Morgan fingerprint density at radius 2 is 1.52 bits per heavy atom. The third kappa shape index (κ3) is 16.9. The van der Waals surface area contributed by atoms with Gasteiger partial charge in [-0.05, 0) is 61.1 Å². The fraction of sp³-hybridized carbons (Fsp3) is 0.630. The number of hydrogen-bond acceptors (Lipinski definition) is 4. The highest BCUT2D eigenvalue weighted by atomic mass is 32.2. The van der Waals surface area contributed by atoms with E-state index in [2.05, 4.69) is 19.1 Å². The number of ether oxygens (including phenoxy) is 1. The highest BCUT2D eigenvalue weighted by molar-refractivity contribution is 7.87. The normalized spacial score (nSPS) is 14.6. The lowest BCUT2D eigenvalue weighted by Crippen LogP contribution is -2.09. The standard InChI is InChI=1S/C27H44O4S2/c1-3-4-5-6-7-8-9-10-11-12-13-14-15-16-25(24-33(29)30)21-22-32(28)23-26-17-19-27(31-2)20-18-26/h10-11,17-22,25H,3-9,12-16,23-24H2,1-2H3,(H,29,30)/p-1. The van der Waals surface area contributed by atoms with Crippen LogP contribution in [0.4, 0.5) is 0 Å². The fourth-order valence-electron chi connectivity index (χ4n) is 3.67. The minimum Gasteiger partial charge on any atom is -0.772 e. The molecule has 6 heteroatoms. The first-order valence-electron chi connectivity index (χ1n) is 12.4. The molecular formula is C27H43O4S2-. The Morgan fingerprint density at radius 3 is 2.12 bits per heavy atom. The molecule has 1 rings (SSSR count). The minimum absolute atomic E-state index is 0.0774. The van der Waals surface area contributed by atoms with Gasteiger partial charge >= 0.3 is 0 Å². The SMILES string of the molecule is CCCCCCCCC=CCCCCCC(C=CS(=O)Cc1ccc(OC)cc1)CS(=O)[O-]. The summed E-state index contributed by atoms with van der Waals surface area (Å²) in [6.07, 6.45) is 20.7. The van der Waals surface area contributed by atoms with Crippen molar-refractivity contribution in [3.05, 3.63) is 53.5 Å². The first kappa shape index (κ1) is 29.8. The first-order valence-corrected chi connectivity index (χ1v) is 15.1. The van der Waals surface area contributed by atoms with E-state index in [1.807, 2.05) is 30.3 Å². The van der Waals surface area contributed by atoms with Gasteiger partial charge in [0.25, 0.3) is 0 Å². The Hall–Kier alpha value is -1.24. The zero-order chi connectivity index (χ0) is 24.2. The van der Waals surface area contributed by atoms with Gasteiger partial charge in [0, 0.05) is 16.6 Å². The molecule has 0 bridgehead atoms. The van der Waals surface area contributed by atoms with Crippen molar-refractivity contribution in [1.29, 1.82) is 0 Å². The molecule has 0 aliphatic heterocycles. The predicted octanol–water partition coefficient (Wildman–Crippen LogP) is 7.21. The molecule has 0 saturated carbocycles. The molecule has 0 aliphatic rings. The molecule has 3 unspecified atom stereocenters. The van der Waals surface area contributed by atoms with Crippen molar-refractivity contribution in [2.75, 3.05) is 12.9 Å². The van der Waals surface area contributed by atoms with Gasteiger partial charge in [0.2, 0.25) is 0 Å². The van der Waals surface area contributed by atoms with Crippen molar-refractivity contribution in [1.82, 2.24) is 0 Å². The van der Waals surface area contributed by atoms with Crippen molar-refractivity contribution in [2.45, 2.75) is 89.7 Å². The van der Waals surface area contributed by atoms with Crippen LogP contribution in [-0.4, -0.2) is 25.8 Å². The molecule has 0 fully saturated rings. The second-order valence-corrected chi connectivity index (χ2v) is 10.9. The average Bonchev–Trinajstić information content (AvgIpc) is 2.80. The van der Waals surface area contributed by atoms with Crippen molar-refractivity contribution in [2.24, 2.45) is 5.92 Å². The van der Waals surface area contributed by atoms with E-state index in [-0.39, 0.29) is 11.7 Å². The number of allylic oxidation sites excluding steroid dienone is 3. The number of hydrogen-bond donors (Lipinski definition) is 0. The van der Waals surface area contributed by atoms with Crippen LogP contribution in [0.3, 0.4) is 0 Å². The van der Waals surface area contributed by atoms with Gasteiger partial charge in [-0.25, -0.2) is 0 Å². The lowest BCUT2D eigenvalue weighted by molar-refractivity contribution is 0.414. The zero-order valence-corrected chi connectivity index (χ0v) is 22.2. The van der Waals surface area contributed by atoms with E-state index in [0.717, 1.165) is 43.4 Å². The Bertz CT molecular complexity index is 713. The predicted molar refractivity (Wildman–Crippen MR) is 141 cm³/mol. The van der Waals surface area contributed by atoms with Crippen LogP contribution in [0.15, 0.2) is 47.9 Å². The maximum absolute atomic E-state index is 12.4. The maximum Gasteiger partial charge on any atom is 0.118 e. The van der Waals surface area contributed by atoms with Crippen molar-refractivity contribution >= 4 is 21.9 Å². The molecule has 0 N–H and O–H groups in total.